The highest BCUT2D eigenvalue weighted by molar-refractivity contribution is 5.75. The van der Waals surface area contributed by atoms with Crippen LogP contribution >= 0.6 is 0 Å². The van der Waals surface area contributed by atoms with Crippen molar-refractivity contribution in [2.75, 3.05) is 19.6 Å². The normalized spacial score (nSPS) is 15.0. The van der Waals surface area contributed by atoms with Gasteiger partial charge in [-0.25, -0.2) is 0 Å². The topological polar surface area (TPSA) is 32.8 Å². The van der Waals surface area contributed by atoms with Gasteiger partial charge in [0.05, 0.1) is 0 Å². The third-order valence-corrected chi connectivity index (χ3v) is 7.04. The molecular formula is C32H40N2O2. The largest absolute Gasteiger partial charge is 0.460 e. The minimum absolute atomic E-state index is 0.122. The van der Waals surface area contributed by atoms with E-state index in [2.05, 4.69) is 58.3 Å². The van der Waals surface area contributed by atoms with Gasteiger partial charge in [0.25, 0.3) is 0 Å². The Morgan fingerprint density at radius 2 is 1.25 bits per heavy atom. The van der Waals surface area contributed by atoms with Gasteiger partial charge in [-0.15, -0.1) is 0 Å². The second-order valence-electron chi connectivity index (χ2n) is 9.88. The predicted octanol–water partition coefficient (Wildman–Crippen LogP) is 6.46. The first-order chi connectivity index (χ1) is 17.8. The van der Waals surface area contributed by atoms with Crippen molar-refractivity contribution in [2.24, 2.45) is 0 Å². The van der Waals surface area contributed by atoms with E-state index in [9.17, 15) is 4.79 Å². The molecule has 1 fully saturated rings. The molecular weight excluding hydrogens is 444 g/mol. The van der Waals surface area contributed by atoms with Gasteiger partial charge in [-0.2, -0.15) is 0 Å². The lowest BCUT2D eigenvalue weighted by Gasteiger charge is -2.31. The van der Waals surface area contributed by atoms with Crippen molar-refractivity contribution in [3.8, 4) is 0 Å². The maximum atomic E-state index is 13.6. The van der Waals surface area contributed by atoms with Gasteiger partial charge in [0.2, 0.25) is 0 Å². The zero-order valence-corrected chi connectivity index (χ0v) is 21.4. The maximum Gasteiger partial charge on any atom is 0.323 e. The van der Waals surface area contributed by atoms with Gasteiger partial charge < -0.3 is 9.64 Å². The molecule has 1 heterocycles. The van der Waals surface area contributed by atoms with Crippen LogP contribution in [0, 0.1) is 0 Å². The molecule has 4 nitrogen and oxygen atoms in total. The summed E-state index contributed by atoms with van der Waals surface area (Å²) in [6.45, 7) is 5.31. The number of carbonyl (C=O) groups excluding carboxylic acids is 1. The Balaban J connectivity index is 1.46. The first-order valence-electron chi connectivity index (χ1n) is 13.5. The molecule has 1 aliphatic heterocycles. The monoisotopic (exact) mass is 484 g/mol. The molecule has 1 atom stereocenters. The van der Waals surface area contributed by atoms with Gasteiger partial charge in [-0.3, -0.25) is 9.69 Å². The average molecular weight is 485 g/mol. The Morgan fingerprint density at radius 3 is 1.81 bits per heavy atom. The molecule has 4 rings (SSSR count). The quantitative estimate of drug-likeness (QED) is 0.206. The summed E-state index contributed by atoms with van der Waals surface area (Å²) < 4.78 is 5.90. The van der Waals surface area contributed by atoms with Crippen LogP contribution in [-0.2, 0) is 29.2 Å². The smallest absolute Gasteiger partial charge is 0.323 e. The summed E-state index contributed by atoms with van der Waals surface area (Å²) in [7, 11) is 0. The van der Waals surface area contributed by atoms with Crippen LogP contribution < -0.4 is 0 Å². The van der Waals surface area contributed by atoms with Crippen molar-refractivity contribution in [3.05, 3.63) is 108 Å². The van der Waals surface area contributed by atoms with E-state index in [1.54, 1.807) is 0 Å². The molecule has 36 heavy (non-hydrogen) atoms. The maximum absolute atomic E-state index is 13.6. The number of likely N-dealkylation sites (tertiary alicyclic amines) is 1. The van der Waals surface area contributed by atoms with Crippen molar-refractivity contribution < 1.29 is 9.53 Å². The van der Waals surface area contributed by atoms with Crippen LogP contribution in [0.3, 0.4) is 0 Å². The van der Waals surface area contributed by atoms with Crippen LogP contribution in [0.15, 0.2) is 91.0 Å². The third kappa shape index (κ3) is 8.61. The van der Waals surface area contributed by atoms with Crippen LogP contribution in [0.4, 0.5) is 0 Å². The summed E-state index contributed by atoms with van der Waals surface area (Å²) in [5.74, 6) is -0.122. The number of rotatable bonds is 13. The number of piperidine rings is 1. The number of hydrogen-bond donors (Lipinski definition) is 0. The van der Waals surface area contributed by atoms with Gasteiger partial charge in [-0.1, -0.05) is 104 Å². The number of benzene rings is 3. The fourth-order valence-corrected chi connectivity index (χ4v) is 5.04. The van der Waals surface area contributed by atoms with Crippen molar-refractivity contribution >= 4 is 5.97 Å². The van der Waals surface area contributed by atoms with E-state index in [4.69, 9.17) is 4.74 Å². The lowest BCUT2D eigenvalue weighted by Crippen LogP contribution is -2.41. The number of ether oxygens (including phenoxy) is 1. The minimum Gasteiger partial charge on any atom is -0.460 e. The molecule has 0 aromatic heterocycles. The fraction of sp³-hybridized carbons (Fsp3) is 0.406. The molecule has 0 N–H and O–H groups in total. The van der Waals surface area contributed by atoms with Crippen molar-refractivity contribution in [1.82, 2.24) is 9.80 Å². The Morgan fingerprint density at radius 1 is 0.722 bits per heavy atom. The number of carbonyl (C=O) groups is 1. The summed E-state index contributed by atoms with van der Waals surface area (Å²) in [4.78, 5) is 18.4. The van der Waals surface area contributed by atoms with Crippen LogP contribution in [0.1, 0.15) is 55.2 Å². The Kier molecular flexibility index (Phi) is 10.6. The van der Waals surface area contributed by atoms with Gasteiger partial charge >= 0.3 is 5.97 Å². The lowest BCUT2D eigenvalue weighted by atomic mass is 10.0. The Hall–Kier alpha value is -2.95. The van der Waals surface area contributed by atoms with E-state index in [1.165, 1.54) is 43.5 Å². The summed E-state index contributed by atoms with van der Waals surface area (Å²) in [5.41, 5.74) is 3.44. The zero-order chi connectivity index (χ0) is 24.8. The van der Waals surface area contributed by atoms with E-state index in [-0.39, 0.29) is 12.0 Å². The molecule has 0 amide bonds. The molecule has 0 bridgehead atoms. The van der Waals surface area contributed by atoms with Gasteiger partial charge in [0, 0.05) is 13.1 Å². The van der Waals surface area contributed by atoms with E-state index in [0.717, 1.165) is 31.4 Å². The zero-order valence-electron chi connectivity index (χ0n) is 21.4. The van der Waals surface area contributed by atoms with Gasteiger partial charge in [0.15, 0.2) is 0 Å². The molecule has 1 saturated heterocycles. The second kappa shape index (κ2) is 14.6. The highest BCUT2D eigenvalue weighted by Gasteiger charge is 2.28. The van der Waals surface area contributed by atoms with Crippen LogP contribution in [0.5, 0.6) is 0 Å². The second-order valence-corrected chi connectivity index (χ2v) is 9.88. The first kappa shape index (κ1) is 26.1. The Bertz CT molecular complexity index is 963. The van der Waals surface area contributed by atoms with E-state index in [1.807, 2.05) is 42.5 Å². The fourth-order valence-electron chi connectivity index (χ4n) is 5.04. The van der Waals surface area contributed by atoms with E-state index >= 15 is 0 Å². The SMILES string of the molecule is O=C(OCc1ccccc1)[C@H](CCCCN1CCCCC1)N(Cc1ccccc1)Cc1ccccc1. The molecule has 0 spiro atoms. The Labute approximate surface area is 216 Å². The van der Waals surface area contributed by atoms with Crippen LogP contribution in [-0.4, -0.2) is 41.4 Å². The van der Waals surface area contributed by atoms with Crippen LogP contribution in [0.2, 0.25) is 0 Å². The molecule has 3 aromatic rings. The molecule has 0 radical (unpaired) electrons. The molecule has 4 heteroatoms. The number of hydrogen-bond acceptors (Lipinski definition) is 4. The third-order valence-electron chi connectivity index (χ3n) is 7.04. The van der Waals surface area contributed by atoms with E-state index < -0.39 is 0 Å². The van der Waals surface area contributed by atoms with Crippen molar-refractivity contribution in [2.45, 2.75) is 64.3 Å². The summed E-state index contributed by atoms with van der Waals surface area (Å²) in [6.07, 6.45) is 6.93. The molecule has 0 aliphatic carbocycles. The highest BCUT2D eigenvalue weighted by Crippen LogP contribution is 2.20. The van der Waals surface area contributed by atoms with Crippen LogP contribution in [0.25, 0.3) is 0 Å². The van der Waals surface area contributed by atoms with Gasteiger partial charge in [0.1, 0.15) is 12.6 Å². The molecule has 0 unspecified atom stereocenters. The average Bonchev–Trinajstić information content (AvgIpc) is 2.94. The molecule has 3 aromatic carbocycles. The predicted molar refractivity (Wildman–Crippen MR) is 146 cm³/mol. The lowest BCUT2D eigenvalue weighted by molar-refractivity contribution is -0.152. The van der Waals surface area contributed by atoms with E-state index in [0.29, 0.717) is 19.7 Å². The van der Waals surface area contributed by atoms with Gasteiger partial charge in [-0.05, 0) is 62.0 Å². The molecule has 190 valence electrons. The van der Waals surface area contributed by atoms with Crippen molar-refractivity contribution in [1.29, 1.82) is 0 Å². The number of nitrogens with zero attached hydrogens (tertiary/aromatic N) is 2. The first-order valence-corrected chi connectivity index (χ1v) is 13.5. The van der Waals surface area contributed by atoms with Crippen molar-refractivity contribution in [3.63, 3.8) is 0 Å². The number of esters is 1. The minimum atomic E-state index is -0.282. The summed E-state index contributed by atoms with van der Waals surface area (Å²) >= 11 is 0. The highest BCUT2D eigenvalue weighted by atomic mass is 16.5. The molecule has 0 saturated carbocycles. The summed E-state index contributed by atoms with van der Waals surface area (Å²) in [5, 5.41) is 0. The standard InChI is InChI=1S/C32H40N2O2/c35-32(36-27-30-19-9-3-10-20-30)31(21-11-14-24-33-22-12-4-13-23-33)34(25-28-15-5-1-6-16-28)26-29-17-7-2-8-18-29/h1-3,5-10,15-20,31H,4,11-14,21-27H2/t31-/m0/s1. The molecule has 1 aliphatic rings. The summed E-state index contributed by atoms with van der Waals surface area (Å²) in [6, 6.07) is 30.6. The number of unbranched alkanes of at least 4 members (excludes halogenated alkanes) is 1.